The van der Waals surface area contributed by atoms with Gasteiger partial charge in [0.1, 0.15) is 13.1 Å². The highest BCUT2D eigenvalue weighted by molar-refractivity contribution is 5.81. The van der Waals surface area contributed by atoms with Crippen molar-refractivity contribution in [1.29, 1.82) is 0 Å². The fraction of sp³-hybridized carbons (Fsp3) is 0.583. The smallest absolute Gasteiger partial charge is 0.257 e. The predicted octanol–water partition coefficient (Wildman–Crippen LogP) is 2.86. The van der Waals surface area contributed by atoms with Crippen molar-refractivity contribution in [3.8, 4) is 0 Å². The third-order valence-electron chi connectivity index (χ3n) is 7.38. The number of fused-ring (bicyclic) bond motifs is 1. The number of nitrogens with one attached hydrogen (secondary N) is 2. The van der Waals surface area contributed by atoms with E-state index in [0.29, 0.717) is 18.6 Å². The number of pyridine rings is 1. The largest absolute Gasteiger partial charge is 0.322 e. The topological polar surface area (TPSA) is 80.9 Å². The van der Waals surface area contributed by atoms with Crippen molar-refractivity contribution in [1.82, 2.24) is 25.2 Å². The number of hydrogen-bond acceptors (Lipinski definition) is 4. The van der Waals surface area contributed by atoms with Crippen LogP contribution in [0.4, 0.5) is 0 Å². The van der Waals surface area contributed by atoms with E-state index < -0.39 is 0 Å². The van der Waals surface area contributed by atoms with Crippen LogP contribution in [0, 0.1) is 6.92 Å². The Bertz CT molecular complexity index is 1090. The Balaban J connectivity index is 1.45. The van der Waals surface area contributed by atoms with E-state index >= 15 is 0 Å². The van der Waals surface area contributed by atoms with Gasteiger partial charge in [-0.2, -0.15) is 0 Å². The normalized spacial score (nSPS) is 19.3. The third kappa shape index (κ3) is 4.28. The summed E-state index contributed by atoms with van der Waals surface area (Å²) in [5.41, 5.74) is 2.94. The van der Waals surface area contributed by atoms with Gasteiger partial charge in [-0.3, -0.25) is 4.79 Å². The number of quaternary nitrogens is 1. The second-order valence-electron chi connectivity index (χ2n) is 9.49. The van der Waals surface area contributed by atoms with Gasteiger partial charge in [-0.25, -0.2) is 4.68 Å². The van der Waals surface area contributed by atoms with E-state index in [4.69, 9.17) is 0 Å². The molecule has 2 fully saturated rings. The fourth-order valence-corrected chi connectivity index (χ4v) is 5.63. The Kier molecular flexibility index (Phi) is 5.85. The highest BCUT2D eigenvalue weighted by atomic mass is 16.1. The van der Waals surface area contributed by atoms with Gasteiger partial charge in [0, 0.05) is 0 Å². The second kappa shape index (κ2) is 8.91. The average Bonchev–Trinajstić information content (AvgIpc) is 3.47. The molecule has 2 aliphatic carbocycles. The van der Waals surface area contributed by atoms with Crippen LogP contribution < -0.4 is 10.5 Å². The van der Waals surface area contributed by atoms with Crippen LogP contribution in [0.3, 0.4) is 0 Å². The van der Waals surface area contributed by atoms with E-state index in [2.05, 4.69) is 43.4 Å². The number of para-hydroxylation sites is 1. The molecule has 1 unspecified atom stereocenters. The van der Waals surface area contributed by atoms with Crippen LogP contribution in [0.2, 0.25) is 0 Å². The quantitative estimate of drug-likeness (QED) is 0.641. The van der Waals surface area contributed by atoms with Gasteiger partial charge in [-0.05, 0) is 72.9 Å². The zero-order valence-electron chi connectivity index (χ0n) is 18.4. The van der Waals surface area contributed by atoms with E-state index in [9.17, 15) is 4.79 Å². The van der Waals surface area contributed by atoms with Crippen molar-refractivity contribution in [3.05, 3.63) is 51.6 Å². The molecule has 0 saturated heterocycles. The molecule has 0 radical (unpaired) electrons. The summed E-state index contributed by atoms with van der Waals surface area (Å²) in [7, 11) is 0. The molecular formula is C24H33N6O+. The molecule has 3 aromatic rings. The summed E-state index contributed by atoms with van der Waals surface area (Å²) in [6.07, 6.45) is 11.1. The van der Waals surface area contributed by atoms with Crippen LogP contribution in [-0.4, -0.2) is 31.2 Å². The highest BCUT2D eigenvalue weighted by Gasteiger charge is 2.29. The minimum atomic E-state index is 0.0329. The van der Waals surface area contributed by atoms with Gasteiger partial charge in [0.2, 0.25) is 5.82 Å². The molecule has 7 heteroatoms. The number of rotatable bonds is 6. The number of hydrogen-bond donors (Lipinski definition) is 2. The van der Waals surface area contributed by atoms with Crippen molar-refractivity contribution >= 4 is 10.9 Å². The van der Waals surface area contributed by atoms with Crippen molar-refractivity contribution in [3.63, 3.8) is 0 Å². The second-order valence-corrected chi connectivity index (χ2v) is 9.49. The lowest BCUT2D eigenvalue weighted by atomic mass is 9.93. The molecule has 164 valence electrons. The molecule has 2 aliphatic rings. The number of aromatic amines is 1. The first-order valence-corrected chi connectivity index (χ1v) is 11.9. The molecule has 0 spiro atoms. The summed E-state index contributed by atoms with van der Waals surface area (Å²) >= 11 is 0. The summed E-state index contributed by atoms with van der Waals surface area (Å²) in [5, 5.41) is 13.9. The first-order valence-electron chi connectivity index (χ1n) is 11.9. The summed E-state index contributed by atoms with van der Waals surface area (Å²) in [6.45, 7) is 3.53. The van der Waals surface area contributed by atoms with E-state index in [1.165, 1.54) is 62.7 Å². The molecule has 2 heterocycles. The lowest BCUT2D eigenvalue weighted by molar-refractivity contribution is -0.954. The van der Waals surface area contributed by atoms with Gasteiger partial charge in [-0.1, -0.05) is 37.5 Å². The van der Waals surface area contributed by atoms with E-state index in [1.54, 1.807) is 0 Å². The summed E-state index contributed by atoms with van der Waals surface area (Å²) in [4.78, 5) is 17.5. The van der Waals surface area contributed by atoms with E-state index in [1.807, 2.05) is 13.0 Å². The summed E-state index contributed by atoms with van der Waals surface area (Å²) in [5.74, 6) is 0.973. The van der Waals surface area contributed by atoms with Crippen molar-refractivity contribution in [2.45, 2.75) is 89.9 Å². The third-order valence-corrected chi connectivity index (χ3v) is 7.38. The maximum Gasteiger partial charge on any atom is 0.257 e. The molecule has 2 N–H and O–H groups in total. The van der Waals surface area contributed by atoms with Crippen LogP contribution in [0.15, 0.2) is 29.1 Å². The van der Waals surface area contributed by atoms with E-state index in [-0.39, 0.29) is 5.56 Å². The molecule has 5 rings (SSSR count). The molecule has 7 nitrogen and oxygen atoms in total. The Morgan fingerprint density at radius 1 is 1.06 bits per heavy atom. The van der Waals surface area contributed by atoms with Gasteiger partial charge in [-0.15, -0.1) is 5.10 Å². The maximum absolute atomic E-state index is 13.0. The summed E-state index contributed by atoms with van der Waals surface area (Å²) in [6, 6.07) is 9.26. The van der Waals surface area contributed by atoms with E-state index in [0.717, 1.165) is 34.4 Å². The van der Waals surface area contributed by atoms with Crippen LogP contribution in [0.5, 0.6) is 0 Å². The Labute approximate surface area is 182 Å². The molecule has 31 heavy (non-hydrogen) atoms. The number of nitrogens with zero attached hydrogens (tertiary/aromatic N) is 4. The molecule has 0 aliphatic heterocycles. The minimum Gasteiger partial charge on any atom is -0.322 e. The van der Waals surface area contributed by atoms with Gasteiger partial charge in [0.15, 0.2) is 0 Å². The van der Waals surface area contributed by atoms with Crippen molar-refractivity contribution in [2.75, 3.05) is 0 Å². The molecule has 2 aromatic heterocycles. The first kappa shape index (κ1) is 20.4. The fourth-order valence-electron chi connectivity index (χ4n) is 5.63. The van der Waals surface area contributed by atoms with Crippen LogP contribution >= 0.6 is 0 Å². The number of aromatic nitrogens is 5. The van der Waals surface area contributed by atoms with Gasteiger partial charge >= 0.3 is 0 Å². The van der Waals surface area contributed by atoms with Gasteiger partial charge in [0.05, 0.1) is 23.2 Å². The molecule has 0 amide bonds. The minimum absolute atomic E-state index is 0.0329. The monoisotopic (exact) mass is 421 g/mol. The van der Waals surface area contributed by atoms with Crippen molar-refractivity contribution < 1.29 is 4.90 Å². The number of aryl methyl sites for hydroxylation is 1. The van der Waals surface area contributed by atoms with Gasteiger partial charge in [0.25, 0.3) is 5.56 Å². The van der Waals surface area contributed by atoms with Crippen LogP contribution in [0.1, 0.15) is 80.8 Å². The molecule has 1 atom stereocenters. The molecule has 0 bridgehead atoms. The highest BCUT2D eigenvalue weighted by Crippen LogP contribution is 2.29. The van der Waals surface area contributed by atoms with Crippen LogP contribution in [0.25, 0.3) is 10.9 Å². The zero-order valence-corrected chi connectivity index (χ0v) is 18.4. The molecule has 2 saturated carbocycles. The number of H-pyrrole nitrogens is 1. The SMILES string of the molecule is Cc1cccc2cc(C[NH+](Cc3nnnn3C3CCCC3)C3CCCCC3)c(=O)[nH]c12. The zero-order chi connectivity index (χ0) is 21.2. The van der Waals surface area contributed by atoms with Crippen LogP contribution in [-0.2, 0) is 13.1 Å². The number of benzene rings is 1. The predicted molar refractivity (Wildman–Crippen MR) is 120 cm³/mol. The Morgan fingerprint density at radius 2 is 1.84 bits per heavy atom. The standard InChI is InChI=1S/C24H32N6O/c1-17-8-7-9-18-14-19(24(31)25-23(17)18)15-29(20-10-3-2-4-11-20)16-22-26-27-28-30(22)21-12-5-6-13-21/h7-9,14,20-21H,2-6,10-13,15-16H2,1H3,(H,25,31)/p+1. The lowest BCUT2D eigenvalue weighted by Crippen LogP contribution is -3.13. The number of tetrazole rings is 1. The molecule has 1 aromatic carbocycles. The summed E-state index contributed by atoms with van der Waals surface area (Å²) < 4.78 is 2.07. The van der Waals surface area contributed by atoms with Crippen molar-refractivity contribution in [2.24, 2.45) is 0 Å². The Hall–Kier alpha value is -2.54. The maximum atomic E-state index is 13.0. The lowest BCUT2D eigenvalue weighted by Gasteiger charge is -2.31. The first-order chi connectivity index (χ1) is 15.2. The van der Waals surface area contributed by atoms with Gasteiger partial charge < -0.3 is 9.88 Å². The average molecular weight is 422 g/mol. The molecular weight excluding hydrogens is 388 g/mol. The Morgan fingerprint density at radius 3 is 2.65 bits per heavy atom.